The molecule has 1 fully saturated rings. The van der Waals surface area contributed by atoms with Crippen LogP contribution in [0.1, 0.15) is 64.9 Å². The van der Waals surface area contributed by atoms with Gasteiger partial charge >= 0.3 is 0 Å². The third kappa shape index (κ3) is 5.93. The van der Waals surface area contributed by atoms with Crippen LogP contribution in [0.5, 0.6) is 0 Å². The van der Waals surface area contributed by atoms with E-state index in [4.69, 9.17) is 9.47 Å². The van der Waals surface area contributed by atoms with Gasteiger partial charge in [-0.15, -0.1) is 0 Å². The summed E-state index contributed by atoms with van der Waals surface area (Å²) in [5, 5.41) is 0.00751. The highest BCUT2D eigenvalue weighted by atomic mass is 32.2. The summed E-state index contributed by atoms with van der Waals surface area (Å²) in [5.41, 5.74) is 3.43. The van der Waals surface area contributed by atoms with E-state index in [1.807, 2.05) is 38.9 Å². The first kappa shape index (κ1) is 22.5. The van der Waals surface area contributed by atoms with Crippen LogP contribution in [0, 0.1) is 5.82 Å². The van der Waals surface area contributed by atoms with Gasteiger partial charge in [-0.1, -0.05) is 12.1 Å². The second-order valence-corrected chi connectivity index (χ2v) is 9.02. The van der Waals surface area contributed by atoms with Crippen LogP contribution < -0.4 is 4.72 Å². The normalized spacial score (nSPS) is 18.2. The summed E-state index contributed by atoms with van der Waals surface area (Å²) in [6.45, 7) is 6.12. The lowest BCUT2D eigenvalue weighted by molar-refractivity contribution is 0.155. The number of benzene rings is 1. The van der Waals surface area contributed by atoms with E-state index in [9.17, 15) is 9.18 Å². The van der Waals surface area contributed by atoms with Gasteiger partial charge in [-0.05, 0) is 94.5 Å². The highest BCUT2D eigenvalue weighted by Crippen LogP contribution is 2.35. The standard InChI is InChI=1S/C24H30FNO3S/c1-16(2)29-23(14-27)20-9-4-5-10-24(20)30-26-22-12-11-18(13-21(22)25)15-28-17(3)19-7-6-8-19/h9,11-13,16,24,26H,4-8,10,15H2,1-3H3. The number of halogens is 1. The second-order valence-electron chi connectivity index (χ2n) is 8.01. The Morgan fingerprint density at radius 2 is 2.13 bits per heavy atom. The van der Waals surface area contributed by atoms with Gasteiger partial charge in [0.2, 0.25) is 5.76 Å². The number of nitrogens with one attached hydrogen (secondary N) is 1. The van der Waals surface area contributed by atoms with Crippen LogP contribution >= 0.6 is 11.9 Å². The van der Waals surface area contributed by atoms with E-state index in [2.05, 4.69) is 4.72 Å². The molecule has 4 nitrogen and oxygen atoms in total. The first-order valence-corrected chi connectivity index (χ1v) is 11.5. The lowest BCUT2D eigenvalue weighted by Gasteiger charge is -2.25. The predicted molar refractivity (Wildman–Crippen MR) is 120 cm³/mol. The van der Waals surface area contributed by atoms with E-state index in [-0.39, 0.29) is 22.9 Å². The molecule has 1 N–H and O–H groups in total. The van der Waals surface area contributed by atoms with E-state index in [1.165, 1.54) is 30.0 Å². The Balaban J connectivity index is 1.59. The smallest absolute Gasteiger partial charge is 0.208 e. The molecule has 0 bridgehead atoms. The maximum Gasteiger partial charge on any atom is 0.208 e. The summed E-state index contributed by atoms with van der Waals surface area (Å²) in [6, 6.07) is 5.12. The molecule has 1 aromatic rings. The van der Waals surface area contributed by atoms with Crippen molar-refractivity contribution in [1.29, 1.82) is 0 Å². The van der Waals surface area contributed by atoms with Crippen molar-refractivity contribution < 1.29 is 18.7 Å². The number of rotatable bonds is 9. The minimum absolute atomic E-state index is 0.00751. The molecule has 0 aliphatic heterocycles. The lowest BCUT2D eigenvalue weighted by Crippen LogP contribution is -2.18. The quantitative estimate of drug-likeness (QED) is 0.275. The molecular weight excluding hydrogens is 401 g/mol. The van der Waals surface area contributed by atoms with Crippen molar-refractivity contribution in [3.05, 3.63) is 58.3 Å². The average Bonchev–Trinajstić information content (AvgIpc) is 2.68. The Kier molecular flexibility index (Phi) is 8.06. The Hall–Kier alpha value is -2.17. The van der Waals surface area contributed by atoms with Crippen molar-refractivity contribution in [3.8, 4) is 0 Å². The van der Waals surface area contributed by atoms with Crippen LogP contribution in [-0.2, 0) is 20.9 Å². The molecular formula is C24H30FNO3S. The first-order chi connectivity index (χ1) is 14.5. The van der Waals surface area contributed by atoms with E-state index in [0.29, 0.717) is 12.3 Å². The number of ether oxygens (including phenoxy) is 2. The number of anilines is 1. The van der Waals surface area contributed by atoms with Gasteiger partial charge < -0.3 is 14.2 Å². The minimum atomic E-state index is -0.316. The summed E-state index contributed by atoms with van der Waals surface area (Å²) < 4.78 is 29.2. The highest BCUT2D eigenvalue weighted by Gasteiger charge is 2.25. The van der Waals surface area contributed by atoms with Gasteiger partial charge in [-0.2, -0.15) is 0 Å². The van der Waals surface area contributed by atoms with Crippen molar-refractivity contribution >= 4 is 23.6 Å². The average molecular weight is 432 g/mol. The fraction of sp³-hybridized carbons (Fsp3) is 0.500. The van der Waals surface area contributed by atoms with Crippen molar-refractivity contribution in [2.24, 2.45) is 0 Å². The third-order valence-corrected chi connectivity index (χ3v) is 6.46. The monoisotopic (exact) mass is 431 g/mol. The summed E-state index contributed by atoms with van der Waals surface area (Å²) in [7, 11) is 0. The molecule has 2 aliphatic carbocycles. The van der Waals surface area contributed by atoms with Crippen molar-refractivity contribution in [2.75, 3.05) is 4.72 Å². The second kappa shape index (κ2) is 10.7. The first-order valence-electron chi connectivity index (χ1n) is 10.6. The van der Waals surface area contributed by atoms with Crippen molar-refractivity contribution in [2.45, 2.75) is 77.3 Å². The molecule has 0 aromatic heterocycles. The van der Waals surface area contributed by atoms with Crippen molar-refractivity contribution in [3.63, 3.8) is 0 Å². The number of allylic oxidation sites excluding steroid dienone is 4. The molecule has 0 saturated heterocycles. The van der Waals surface area contributed by atoms with Gasteiger partial charge in [0.25, 0.3) is 0 Å². The summed E-state index contributed by atoms with van der Waals surface area (Å²) >= 11 is 1.41. The zero-order valence-electron chi connectivity index (χ0n) is 17.9. The Bertz CT molecular complexity index is 865. The van der Waals surface area contributed by atoms with Crippen LogP contribution in [0.25, 0.3) is 0 Å². The van der Waals surface area contributed by atoms with Gasteiger partial charge in [0, 0.05) is 5.57 Å². The molecule has 1 unspecified atom stereocenters. The summed E-state index contributed by atoms with van der Waals surface area (Å²) in [5.74, 6) is 2.84. The van der Waals surface area contributed by atoms with Gasteiger partial charge in [0.1, 0.15) is 12.4 Å². The van der Waals surface area contributed by atoms with E-state index < -0.39 is 0 Å². The molecule has 0 heterocycles. The zero-order chi connectivity index (χ0) is 21.5. The topological polar surface area (TPSA) is 47.6 Å². The molecule has 1 aromatic carbocycles. The largest absolute Gasteiger partial charge is 0.494 e. The molecule has 162 valence electrons. The Labute approximate surface area is 182 Å². The number of hydrogen-bond donors (Lipinski definition) is 1. The van der Waals surface area contributed by atoms with Crippen LogP contribution in [0.15, 0.2) is 46.9 Å². The van der Waals surface area contributed by atoms with E-state index in [1.54, 1.807) is 6.07 Å². The van der Waals surface area contributed by atoms with Crippen LogP contribution in [0.4, 0.5) is 10.1 Å². The molecule has 1 atom stereocenters. The summed E-state index contributed by atoms with van der Waals surface area (Å²) in [4.78, 5) is 11.4. The van der Waals surface area contributed by atoms with Crippen LogP contribution in [0.2, 0.25) is 0 Å². The fourth-order valence-corrected chi connectivity index (χ4v) is 4.51. The van der Waals surface area contributed by atoms with Gasteiger partial charge in [-0.3, -0.25) is 0 Å². The molecule has 3 rings (SSSR count). The number of carbonyl (C=O) groups excluding carboxylic acids is 1. The van der Waals surface area contributed by atoms with Crippen LogP contribution in [-0.4, -0.2) is 17.3 Å². The zero-order valence-corrected chi connectivity index (χ0v) is 18.7. The van der Waals surface area contributed by atoms with Crippen molar-refractivity contribution in [1.82, 2.24) is 0 Å². The molecule has 30 heavy (non-hydrogen) atoms. The molecule has 0 amide bonds. The van der Waals surface area contributed by atoms with Gasteiger partial charge in [0.15, 0.2) is 5.94 Å². The van der Waals surface area contributed by atoms with Crippen LogP contribution in [0.3, 0.4) is 0 Å². The third-order valence-electron chi connectivity index (χ3n) is 5.34. The predicted octanol–water partition coefficient (Wildman–Crippen LogP) is 6.48. The van der Waals surface area contributed by atoms with Gasteiger partial charge in [-0.25, -0.2) is 9.18 Å². The summed E-state index contributed by atoms with van der Waals surface area (Å²) in [6.07, 6.45) is 8.19. The maximum absolute atomic E-state index is 14.6. The molecule has 1 saturated carbocycles. The Morgan fingerprint density at radius 3 is 2.77 bits per heavy atom. The number of hydrogen-bond acceptors (Lipinski definition) is 5. The highest BCUT2D eigenvalue weighted by molar-refractivity contribution is 8.01. The molecule has 6 heteroatoms. The van der Waals surface area contributed by atoms with E-state index in [0.717, 1.165) is 49.0 Å². The lowest BCUT2D eigenvalue weighted by atomic mass is 9.91. The van der Waals surface area contributed by atoms with E-state index >= 15 is 0 Å². The Morgan fingerprint density at radius 1 is 1.33 bits per heavy atom. The molecule has 2 aliphatic rings. The molecule has 0 radical (unpaired) electrons. The SMILES string of the molecule is CC(OCc1ccc(NSC2CCCC=C2C(=C=O)OC(C)C)c(F)c1)=C1CCC1. The molecule has 0 spiro atoms. The maximum atomic E-state index is 14.6. The fourth-order valence-electron chi connectivity index (χ4n) is 3.46. The van der Waals surface area contributed by atoms with Gasteiger partial charge in [0.05, 0.1) is 22.8 Å². The minimum Gasteiger partial charge on any atom is -0.494 e.